The van der Waals surface area contributed by atoms with E-state index in [1.54, 1.807) is 0 Å². The van der Waals surface area contributed by atoms with Crippen molar-refractivity contribution in [3.8, 4) is 0 Å². The molecule has 1 saturated heterocycles. The predicted molar refractivity (Wildman–Crippen MR) is 71.8 cm³/mol. The molecule has 5 heteroatoms. The van der Waals surface area contributed by atoms with E-state index in [-0.39, 0.29) is 5.54 Å². The normalized spacial score (nSPS) is 19.0. The van der Waals surface area contributed by atoms with Crippen LogP contribution in [-0.4, -0.2) is 42.3 Å². The lowest BCUT2D eigenvalue weighted by molar-refractivity contribution is 0.0633. The van der Waals surface area contributed by atoms with Crippen LogP contribution >= 0.6 is 0 Å². The molecule has 0 bridgehead atoms. The number of aromatic nitrogens is 2. The first kappa shape index (κ1) is 13.2. The smallest absolute Gasteiger partial charge is 0.226 e. The lowest BCUT2D eigenvalue weighted by Crippen LogP contribution is -2.54. The molecule has 0 atom stereocenters. The first-order chi connectivity index (χ1) is 8.53. The van der Waals surface area contributed by atoms with Crippen LogP contribution in [0.25, 0.3) is 0 Å². The maximum absolute atomic E-state index is 5.53. The number of hydrogen-bond donors (Lipinski definition) is 1. The van der Waals surface area contributed by atoms with Gasteiger partial charge in [-0.1, -0.05) is 0 Å². The third-order valence-corrected chi connectivity index (χ3v) is 3.14. The Morgan fingerprint density at radius 3 is 2.89 bits per heavy atom. The molecule has 1 fully saturated rings. The molecule has 1 aliphatic heterocycles. The molecule has 1 N–H and O–H groups in total. The van der Waals surface area contributed by atoms with E-state index in [1.807, 2.05) is 20.0 Å². The van der Waals surface area contributed by atoms with E-state index in [9.17, 15) is 0 Å². The zero-order valence-corrected chi connectivity index (χ0v) is 11.7. The number of nitrogens with zero attached hydrogens (tertiary/aromatic N) is 3. The van der Waals surface area contributed by atoms with Crippen LogP contribution in [0.2, 0.25) is 0 Å². The topological polar surface area (TPSA) is 50.3 Å². The van der Waals surface area contributed by atoms with Gasteiger partial charge in [0.1, 0.15) is 0 Å². The molecule has 0 aliphatic carbocycles. The van der Waals surface area contributed by atoms with Crippen molar-refractivity contribution in [2.24, 2.45) is 0 Å². The molecule has 2 heterocycles. The van der Waals surface area contributed by atoms with Crippen LogP contribution in [0.4, 0.5) is 5.95 Å². The molecule has 0 unspecified atom stereocenters. The van der Waals surface area contributed by atoms with Gasteiger partial charge in [-0.05, 0) is 33.9 Å². The Kier molecular flexibility index (Phi) is 3.82. The Balaban J connectivity index is 2.31. The molecule has 0 saturated carbocycles. The van der Waals surface area contributed by atoms with Crippen molar-refractivity contribution in [1.82, 2.24) is 15.3 Å². The van der Waals surface area contributed by atoms with Gasteiger partial charge < -0.3 is 15.0 Å². The zero-order chi connectivity index (χ0) is 13.2. The average Bonchev–Trinajstić information content (AvgIpc) is 2.27. The van der Waals surface area contributed by atoms with Gasteiger partial charge in [0, 0.05) is 18.8 Å². The molecule has 1 aromatic heterocycles. The summed E-state index contributed by atoms with van der Waals surface area (Å²) in [5.41, 5.74) is 1.98. The SMILES string of the molecule is CNCc1cc(C)nc(N2CCOCC2(C)C)n1. The summed E-state index contributed by atoms with van der Waals surface area (Å²) in [6, 6.07) is 2.02. The molecule has 0 spiro atoms. The second-order valence-corrected chi connectivity index (χ2v) is 5.35. The van der Waals surface area contributed by atoms with Crippen molar-refractivity contribution in [3.63, 3.8) is 0 Å². The third-order valence-electron chi connectivity index (χ3n) is 3.14. The van der Waals surface area contributed by atoms with Crippen molar-refractivity contribution < 1.29 is 4.74 Å². The number of rotatable bonds is 3. The number of nitrogens with one attached hydrogen (secondary N) is 1. The fraction of sp³-hybridized carbons (Fsp3) is 0.692. The summed E-state index contributed by atoms with van der Waals surface area (Å²) in [6.07, 6.45) is 0. The maximum atomic E-state index is 5.53. The monoisotopic (exact) mass is 250 g/mol. The van der Waals surface area contributed by atoms with E-state index >= 15 is 0 Å². The molecule has 2 rings (SSSR count). The molecular formula is C13H22N4O. The highest BCUT2D eigenvalue weighted by Gasteiger charge is 2.32. The maximum Gasteiger partial charge on any atom is 0.226 e. The van der Waals surface area contributed by atoms with Gasteiger partial charge in [0.05, 0.1) is 24.4 Å². The summed E-state index contributed by atoms with van der Waals surface area (Å²) < 4.78 is 5.53. The van der Waals surface area contributed by atoms with Crippen LogP contribution in [0.5, 0.6) is 0 Å². The average molecular weight is 250 g/mol. The highest BCUT2D eigenvalue weighted by molar-refractivity contribution is 5.37. The fourth-order valence-corrected chi connectivity index (χ4v) is 2.24. The standard InChI is InChI=1S/C13H22N4O/c1-10-7-11(8-14-4)16-12(15-10)17-5-6-18-9-13(17,2)3/h7,14H,5-6,8-9H2,1-4H3. The zero-order valence-electron chi connectivity index (χ0n) is 11.7. The summed E-state index contributed by atoms with van der Waals surface area (Å²) in [5.74, 6) is 0.813. The van der Waals surface area contributed by atoms with Gasteiger partial charge in [-0.25, -0.2) is 9.97 Å². The summed E-state index contributed by atoms with van der Waals surface area (Å²) in [7, 11) is 1.93. The number of ether oxygens (including phenoxy) is 1. The molecule has 0 radical (unpaired) electrons. The summed E-state index contributed by atoms with van der Waals surface area (Å²) in [4.78, 5) is 11.4. The van der Waals surface area contributed by atoms with Gasteiger partial charge in [-0.15, -0.1) is 0 Å². The van der Waals surface area contributed by atoms with Crippen molar-refractivity contribution in [2.45, 2.75) is 32.9 Å². The number of aryl methyl sites for hydroxylation is 1. The van der Waals surface area contributed by atoms with Crippen LogP contribution < -0.4 is 10.2 Å². The Bertz CT molecular complexity index is 419. The Labute approximate surface area is 109 Å². The van der Waals surface area contributed by atoms with Crippen LogP contribution in [0, 0.1) is 6.92 Å². The van der Waals surface area contributed by atoms with Crippen molar-refractivity contribution in [2.75, 3.05) is 31.7 Å². The lowest BCUT2D eigenvalue weighted by Gasteiger charge is -2.42. The van der Waals surface area contributed by atoms with Crippen LogP contribution in [-0.2, 0) is 11.3 Å². The van der Waals surface area contributed by atoms with Gasteiger partial charge in [-0.3, -0.25) is 0 Å². The largest absolute Gasteiger partial charge is 0.377 e. The van der Waals surface area contributed by atoms with E-state index < -0.39 is 0 Å². The number of hydrogen-bond acceptors (Lipinski definition) is 5. The molecule has 5 nitrogen and oxygen atoms in total. The van der Waals surface area contributed by atoms with Gasteiger partial charge in [0.15, 0.2) is 0 Å². The van der Waals surface area contributed by atoms with E-state index in [4.69, 9.17) is 4.74 Å². The van der Waals surface area contributed by atoms with E-state index in [1.165, 1.54) is 0 Å². The van der Waals surface area contributed by atoms with E-state index in [0.29, 0.717) is 6.61 Å². The highest BCUT2D eigenvalue weighted by atomic mass is 16.5. The number of morpholine rings is 1. The van der Waals surface area contributed by atoms with Gasteiger partial charge in [0.25, 0.3) is 0 Å². The second-order valence-electron chi connectivity index (χ2n) is 5.35. The minimum atomic E-state index is -0.0526. The Morgan fingerprint density at radius 2 is 2.22 bits per heavy atom. The molecule has 18 heavy (non-hydrogen) atoms. The molecule has 0 amide bonds. The highest BCUT2D eigenvalue weighted by Crippen LogP contribution is 2.24. The van der Waals surface area contributed by atoms with Crippen molar-refractivity contribution >= 4 is 5.95 Å². The van der Waals surface area contributed by atoms with Gasteiger partial charge in [-0.2, -0.15) is 0 Å². The van der Waals surface area contributed by atoms with Crippen molar-refractivity contribution in [3.05, 3.63) is 17.5 Å². The first-order valence-electron chi connectivity index (χ1n) is 6.37. The minimum absolute atomic E-state index is 0.0526. The van der Waals surface area contributed by atoms with E-state index in [0.717, 1.165) is 37.0 Å². The van der Waals surface area contributed by atoms with Crippen LogP contribution in [0.1, 0.15) is 25.2 Å². The lowest BCUT2D eigenvalue weighted by atomic mass is 10.0. The van der Waals surface area contributed by atoms with Crippen LogP contribution in [0.15, 0.2) is 6.07 Å². The predicted octanol–water partition coefficient (Wildman–Crippen LogP) is 1.12. The van der Waals surface area contributed by atoms with E-state index in [2.05, 4.69) is 34.0 Å². The quantitative estimate of drug-likeness (QED) is 0.871. The Morgan fingerprint density at radius 1 is 1.44 bits per heavy atom. The fourth-order valence-electron chi connectivity index (χ4n) is 2.24. The van der Waals surface area contributed by atoms with Gasteiger partial charge >= 0.3 is 0 Å². The molecule has 0 aromatic carbocycles. The molecule has 100 valence electrons. The third kappa shape index (κ3) is 2.79. The first-order valence-corrected chi connectivity index (χ1v) is 6.37. The van der Waals surface area contributed by atoms with Gasteiger partial charge in [0.2, 0.25) is 5.95 Å². The summed E-state index contributed by atoms with van der Waals surface area (Å²) >= 11 is 0. The second kappa shape index (κ2) is 5.20. The molecule has 1 aromatic rings. The minimum Gasteiger partial charge on any atom is -0.377 e. The summed E-state index contributed by atoms with van der Waals surface area (Å²) in [5, 5.41) is 3.13. The molecular weight excluding hydrogens is 228 g/mol. The number of anilines is 1. The molecule has 1 aliphatic rings. The summed E-state index contributed by atoms with van der Waals surface area (Å²) in [6.45, 7) is 9.40. The van der Waals surface area contributed by atoms with Crippen molar-refractivity contribution in [1.29, 1.82) is 0 Å². The Hall–Kier alpha value is -1.20. The van der Waals surface area contributed by atoms with Crippen LogP contribution in [0.3, 0.4) is 0 Å².